The molecule has 1 aromatic rings. The Bertz CT molecular complexity index is 444. The number of aryl methyl sites for hydroxylation is 1. The van der Waals surface area contributed by atoms with Crippen LogP contribution in [0.3, 0.4) is 0 Å². The summed E-state index contributed by atoms with van der Waals surface area (Å²) in [6, 6.07) is 6.75. The van der Waals surface area contributed by atoms with E-state index in [1.807, 2.05) is 19.1 Å². The number of likely N-dealkylation sites (tertiary alicyclic amines) is 1. The van der Waals surface area contributed by atoms with Crippen LogP contribution in [0.25, 0.3) is 0 Å². The van der Waals surface area contributed by atoms with Crippen LogP contribution >= 0.6 is 0 Å². The van der Waals surface area contributed by atoms with E-state index in [-0.39, 0.29) is 0 Å². The average molecular weight is 231 g/mol. The third-order valence-corrected chi connectivity index (χ3v) is 3.87. The molecule has 2 atom stereocenters. The van der Waals surface area contributed by atoms with Crippen LogP contribution in [0.4, 0.5) is 0 Å². The number of morpholine rings is 1. The fraction of sp³-hybridized carbons (Fsp3) is 0.500. The molecular formula is C14H17NO2. The molecule has 0 N–H and O–H groups in total. The Labute approximate surface area is 101 Å². The molecular weight excluding hydrogens is 214 g/mol. The van der Waals surface area contributed by atoms with Gasteiger partial charge in [0.15, 0.2) is 0 Å². The zero-order valence-electron chi connectivity index (χ0n) is 10.1. The number of aldehydes is 1. The molecule has 0 aromatic heterocycles. The van der Waals surface area contributed by atoms with Gasteiger partial charge in [0.25, 0.3) is 0 Å². The van der Waals surface area contributed by atoms with E-state index in [1.54, 1.807) is 0 Å². The second kappa shape index (κ2) is 4.24. The number of fused-ring (bicyclic) bond motifs is 2. The quantitative estimate of drug-likeness (QED) is 0.743. The summed E-state index contributed by atoms with van der Waals surface area (Å²) >= 11 is 0. The second-order valence-corrected chi connectivity index (χ2v) is 5.08. The average Bonchev–Trinajstić information content (AvgIpc) is 2.93. The smallest absolute Gasteiger partial charge is 0.150 e. The van der Waals surface area contributed by atoms with Crippen LogP contribution < -0.4 is 0 Å². The SMILES string of the molecule is Cc1ccc(CN2CC3CC2CO3)cc1C=O. The minimum absolute atomic E-state index is 0.441. The molecule has 0 saturated carbocycles. The lowest BCUT2D eigenvalue weighted by Crippen LogP contribution is -2.36. The number of hydrogen-bond donors (Lipinski definition) is 0. The first-order valence-corrected chi connectivity index (χ1v) is 6.16. The zero-order valence-corrected chi connectivity index (χ0v) is 10.1. The van der Waals surface area contributed by atoms with Gasteiger partial charge in [0.2, 0.25) is 0 Å². The molecule has 2 aliphatic heterocycles. The molecule has 3 nitrogen and oxygen atoms in total. The number of ether oxygens (including phenoxy) is 1. The second-order valence-electron chi connectivity index (χ2n) is 5.08. The van der Waals surface area contributed by atoms with E-state index >= 15 is 0 Å². The van der Waals surface area contributed by atoms with Crippen molar-refractivity contribution in [3.63, 3.8) is 0 Å². The molecule has 2 fully saturated rings. The van der Waals surface area contributed by atoms with Gasteiger partial charge in [0, 0.05) is 24.7 Å². The highest BCUT2D eigenvalue weighted by Crippen LogP contribution is 2.29. The Kier molecular flexibility index (Phi) is 2.73. The molecule has 90 valence electrons. The van der Waals surface area contributed by atoms with Gasteiger partial charge in [-0.25, -0.2) is 0 Å². The molecule has 3 heteroatoms. The van der Waals surface area contributed by atoms with Crippen molar-refractivity contribution in [1.29, 1.82) is 0 Å². The molecule has 17 heavy (non-hydrogen) atoms. The van der Waals surface area contributed by atoms with Gasteiger partial charge in [-0.15, -0.1) is 0 Å². The van der Waals surface area contributed by atoms with Crippen LogP contribution in [0.5, 0.6) is 0 Å². The van der Waals surface area contributed by atoms with Gasteiger partial charge in [-0.1, -0.05) is 12.1 Å². The summed E-state index contributed by atoms with van der Waals surface area (Å²) in [5, 5.41) is 0. The summed E-state index contributed by atoms with van der Waals surface area (Å²) in [7, 11) is 0. The largest absolute Gasteiger partial charge is 0.375 e. The van der Waals surface area contributed by atoms with Crippen LogP contribution in [0.1, 0.15) is 27.9 Å². The van der Waals surface area contributed by atoms with Crippen LogP contribution in [-0.2, 0) is 11.3 Å². The van der Waals surface area contributed by atoms with Gasteiger partial charge in [-0.05, 0) is 30.5 Å². The lowest BCUT2D eigenvalue weighted by molar-refractivity contribution is 0.0273. The van der Waals surface area contributed by atoms with E-state index in [1.165, 1.54) is 12.0 Å². The summed E-state index contributed by atoms with van der Waals surface area (Å²) < 4.78 is 5.59. The van der Waals surface area contributed by atoms with Gasteiger partial charge in [0.1, 0.15) is 6.29 Å². The van der Waals surface area contributed by atoms with Crippen molar-refractivity contribution in [3.8, 4) is 0 Å². The highest BCUT2D eigenvalue weighted by Gasteiger charge is 2.38. The van der Waals surface area contributed by atoms with Crippen molar-refractivity contribution in [2.45, 2.75) is 32.0 Å². The molecule has 0 amide bonds. The van der Waals surface area contributed by atoms with Crippen molar-refractivity contribution in [3.05, 3.63) is 34.9 Å². The number of carbonyl (C=O) groups is 1. The lowest BCUT2D eigenvalue weighted by Gasteiger charge is -2.26. The molecule has 0 radical (unpaired) electrons. The topological polar surface area (TPSA) is 29.5 Å². The Morgan fingerprint density at radius 2 is 2.41 bits per heavy atom. The number of rotatable bonds is 3. The van der Waals surface area contributed by atoms with Crippen LogP contribution in [-0.4, -0.2) is 36.5 Å². The first-order valence-electron chi connectivity index (χ1n) is 6.16. The van der Waals surface area contributed by atoms with Crippen molar-refractivity contribution in [1.82, 2.24) is 4.90 Å². The molecule has 0 spiro atoms. The predicted octanol–water partition coefficient (Wildman–Crippen LogP) is 1.78. The van der Waals surface area contributed by atoms with Crippen LogP contribution in [0, 0.1) is 6.92 Å². The molecule has 2 heterocycles. The van der Waals surface area contributed by atoms with E-state index < -0.39 is 0 Å². The van der Waals surface area contributed by atoms with E-state index in [9.17, 15) is 4.79 Å². The normalized spacial score (nSPS) is 27.6. The number of nitrogens with zero attached hydrogens (tertiary/aromatic N) is 1. The minimum Gasteiger partial charge on any atom is -0.375 e. The number of hydrogen-bond acceptors (Lipinski definition) is 3. The molecule has 2 unspecified atom stereocenters. The summed E-state index contributed by atoms with van der Waals surface area (Å²) in [5.41, 5.74) is 3.09. The minimum atomic E-state index is 0.441. The maximum absolute atomic E-state index is 10.9. The van der Waals surface area contributed by atoms with Gasteiger partial charge < -0.3 is 4.74 Å². The Morgan fingerprint density at radius 3 is 3.06 bits per heavy atom. The molecule has 2 saturated heterocycles. The first kappa shape index (κ1) is 10.9. The molecule has 2 aliphatic rings. The van der Waals surface area contributed by atoms with E-state index in [0.717, 1.165) is 37.1 Å². The Balaban J connectivity index is 1.75. The van der Waals surface area contributed by atoms with Crippen molar-refractivity contribution >= 4 is 6.29 Å². The van der Waals surface area contributed by atoms with Gasteiger partial charge in [0.05, 0.1) is 12.7 Å². The van der Waals surface area contributed by atoms with Crippen LogP contribution in [0.15, 0.2) is 18.2 Å². The summed E-state index contributed by atoms with van der Waals surface area (Å²) in [5.74, 6) is 0. The number of carbonyl (C=O) groups excluding carboxylic acids is 1. The Hall–Kier alpha value is -1.19. The summed E-state index contributed by atoms with van der Waals surface area (Å²) in [4.78, 5) is 13.4. The predicted molar refractivity (Wildman–Crippen MR) is 65.1 cm³/mol. The van der Waals surface area contributed by atoms with Crippen molar-refractivity contribution in [2.75, 3.05) is 13.2 Å². The standard InChI is InChI=1S/C14H17NO2/c1-10-2-3-11(4-12(10)8-16)6-15-7-14-5-13(15)9-17-14/h2-4,8,13-14H,5-7,9H2,1H3. The van der Waals surface area contributed by atoms with Gasteiger partial charge in [-0.2, -0.15) is 0 Å². The molecule has 3 rings (SSSR count). The number of benzene rings is 1. The van der Waals surface area contributed by atoms with E-state index in [0.29, 0.717) is 12.1 Å². The van der Waals surface area contributed by atoms with Crippen LogP contribution in [0.2, 0.25) is 0 Å². The summed E-state index contributed by atoms with van der Waals surface area (Å²) in [6.45, 7) is 4.82. The highest BCUT2D eigenvalue weighted by atomic mass is 16.5. The van der Waals surface area contributed by atoms with Gasteiger partial charge in [-0.3, -0.25) is 9.69 Å². The van der Waals surface area contributed by atoms with Gasteiger partial charge >= 0.3 is 0 Å². The van der Waals surface area contributed by atoms with Crippen molar-refractivity contribution in [2.24, 2.45) is 0 Å². The zero-order chi connectivity index (χ0) is 11.8. The fourth-order valence-electron chi connectivity index (χ4n) is 2.82. The molecule has 1 aromatic carbocycles. The van der Waals surface area contributed by atoms with E-state index in [2.05, 4.69) is 11.0 Å². The monoisotopic (exact) mass is 231 g/mol. The fourth-order valence-corrected chi connectivity index (χ4v) is 2.82. The maximum atomic E-state index is 10.9. The third-order valence-electron chi connectivity index (χ3n) is 3.87. The molecule has 2 bridgehead atoms. The third kappa shape index (κ3) is 2.01. The van der Waals surface area contributed by atoms with E-state index in [4.69, 9.17) is 4.74 Å². The molecule has 0 aliphatic carbocycles. The highest BCUT2D eigenvalue weighted by molar-refractivity contribution is 5.77. The first-order chi connectivity index (χ1) is 8.26. The summed E-state index contributed by atoms with van der Waals surface area (Å²) in [6.07, 6.45) is 2.56. The van der Waals surface area contributed by atoms with Crippen molar-refractivity contribution < 1.29 is 9.53 Å². The maximum Gasteiger partial charge on any atom is 0.150 e. The lowest BCUT2D eigenvalue weighted by atomic mass is 10.1. The Morgan fingerprint density at radius 1 is 1.53 bits per heavy atom.